The molecular weight excluding hydrogens is 240 g/mol. The van der Waals surface area contributed by atoms with E-state index in [0.717, 1.165) is 56.8 Å². The number of rotatable bonds is 7. The van der Waals surface area contributed by atoms with E-state index >= 15 is 0 Å². The molecule has 0 amide bonds. The van der Waals surface area contributed by atoms with Gasteiger partial charge in [0.25, 0.3) is 0 Å². The number of aldehydes is 1. The number of hydrogen-bond donors (Lipinski definition) is 0. The lowest BCUT2D eigenvalue weighted by molar-refractivity contribution is -0.134. The van der Waals surface area contributed by atoms with E-state index in [1.807, 2.05) is 12.2 Å². The summed E-state index contributed by atoms with van der Waals surface area (Å²) in [6.45, 7) is 0. The van der Waals surface area contributed by atoms with Gasteiger partial charge in [0.1, 0.15) is 6.29 Å². The van der Waals surface area contributed by atoms with Gasteiger partial charge in [0, 0.05) is 11.6 Å². The molecule has 0 saturated heterocycles. The molecule has 0 unspecified atom stereocenters. The molecule has 0 aliphatic heterocycles. The molecule has 0 saturated carbocycles. The van der Waals surface area contributed by atoms with Gasteiger partial charge in [-0.15, -0.1) is 0 Å². The lowest BCUT2D eigenvalue weighted by atomic mass is 9.93. The Balaban J connectivity index is 2.21. The van der Waals surface area contributed by atoms with E-state index in [9.17, 15) is 9.59 Å². The normalized spacial score (nSPS) is 17.5. The zero-order valence-electron chi connectivity index (χ0n) is 11.6. The Labute approximate surface area is 115 Å². The van der Waals surface area contributed by atoms with E-state index < -0.39 is 0 Å². The second-order valence-corrected chi connectivity index (χ2v) is 4.61. The average molecular weight is 262 g/mol. The third-order valence-electron chi connectivity index (χ3n) is 3.18. The van der Waals surface area contributed by atoms with Crippen LogP contribution in [-0.2, 0) is 14.3 Å². The lowest BCUT2D eigenvalue weighted by Crippen LogP contribution is -1.97. The number of unbranched alkanes of at least 4 members (excludes halogenated alkanes) is 3. The Morgan fingerprint density at radius 2 is 2.16 bits per heavy atom. The van der Waals surface area contributed by atoms with Gasteiger partial charge >= 0.3 is 5.97 Å². The van der Waals surface area contributed by atoms with E-state index in [1.165, 1.54) is 18.8 Å². The van der Waals surface area contributed by atoms with Crippen molar-refractivity contribution in [1.82, 2.24) is 0 Å². The zero-order chi connectivity index (χ0) is 13.9. The van der Waals surface area contributed by atoms with Gasteiger partial charge in [-0.2, -0.15) is 0 Å². The summed E-state index contributed by atoms with van der Waals surface area (Å²) in [5.41, 5.74) is 2.07. The van der Waals surface area contributed by atoms with Crippen LogP contribution in [0, 0.1) is 0 Å². The van der Waals surface area contributed by atoms with Gasteiger partial charge in [-0.1, -0.05) is 18.2 Å². The third-order valence-corrected chi connectivity index (χ3v) is 3.18. The van der Waals surface area contributed by atoms with E-state index in [0.29, 0.717) is 0 Å². The molecule has 1 aliphatic carbocycles. The Kier molecular flexibility index (Phi) is 7.56. The first-order valence-corrected chi connectivity index (χ1v) is 6.87. The largest absolute Gasteiger partial charge is 0.466 e. The van der Waals surface area contributed by atoms with Crippen LogP contribution in [0.5, 0.6) is 0 Å². The highest BCUT2D eigenvalue weighted by Gasteiger charge is 2.08. The van der Waals surface area contributed by atoms with Crippen molar-refractivity contribution in [3.8, 4) is 0 Å². The molecule has 0 radical (unpaired) electrons. The molecule has 0 fully saturated rings. The fourth-order valence-corrected chi connectivity index (χ4v) is 2.10. The first-order valence-electron chi connectivity index (χ1n) is 6.87. The second-order valence-electron chi connectivity index (χ2n) is 4.61. The molecule has 3 heteroatoms. The van der Waals surface area contributed by atoms with Crippen LogP contribution < -0.4 is 0 Å². The summed E-state index contributed by atoms with van der Waals surface area (Å²) in [5.74, 6) is -0.301. The van der Waals surface area contributed by atoms with Crippen LogP contribution in [0.3, 0.4) is 0 Å². The van der Waals surface area contributed by atoms with Gasteiger partial charge in [0.05, 0.1) is 7.11 Å². The number of carbonyl (C=O) groups is 2. The molecule has 1 aliphatic rings. The molecule has 104 valence electrons. The molecule has 0 aromatic heterocycles. The van der Waals surface area contributed by atoms with E-state index in [-0.39, 0.29) is 5.97 Å². The van der Waals surface area contributed by atoms with Crippen molar-refractivity contribution in [3.63, 3.8) is 0 Å². The van der Waals surface area contributed by atoms with Crippen LogP contribution in [-0.4, -0.2) is 19.4 Å². The molecule has 0 bridgehead atoms. The minimum Gasteiger partial charge on any atom is -0.466 e. The molecule has 0 N–H and O–H groups in total. The second kappa shape index (κ2) is 9.31. The van der Waals surface area contributed by atoms with Crippen LogP contribution in [0.2, 0.25) is 0 Å². The molecule has 0 aromatic carbocycles. The van der Waals surface area contributed by atoms with Gasteiger partial charge in [0.2, 0.25) is 0 Å². The predicted molar refractivity (Wildman–Crippen MR) is 75.7 cm³/mol. The summed E-state index contributed by atoms with van der Waals surface area (Å²) in [6, 6.07) is 0. The highest BCUT2D eigenvalue weighted by molar-refractivity contribution is 5.81. The van der Waals surface area contributed by atoms with Gasteiger partial charge < -0.3 is 4.74 Å². The molecular formula is C16H22O3. The summed E-state index contributed by atoms with van der Waals surface area (Å²) >= 11 is 0. The van der Waals surface area contributed by atoms with Crippen molar-refractivity contribution >= 4 is 12.3 Å². The maximum Gasteiger partial charge on any atom is 0.330 e. The molecule has 0 heterocycles. The maximum atomic E-state index is 10.9. The number of carbonyl (C=O) groups excluding carboxylic acids is 2. The van der Waals surface area contributed by atoms with Gasteiger partial charge in [0.15, 0.2) is 0 Å². The molecule has 0 spiro atoms. The monoisotopic (exact) mass is 262 g/mol. The fraction of sp³-hybridized carbons (Fsp3) is 0.500. The minimum atomic E-state index is -0.301. The number of methoxy groups -OCH3 is 1. The quantitative estimate of drug-likeness (QED) is 0.305. The van der Waals surface area contributed by atoms with E-state index in [2.05, 4.69) is 10.8 Å². The Morgan fingerprint density at radius 1 is 1.37 bits per heavy atom. The Morgan fingerprint density at radius 3 is 2.89 bits per heavy atom. The molecule has 1 rings (SSSR count). The standard InChI is InChI=1S/C16H22O3/c1-19-16(18)12-6-4-2-3-5-9-14-10-7-8-11-15(14)13-17/h6,9,11-13H,2-5,7-8,10H2,1H3/b12-6-,14-9+. The maximum absolute atomic E-state index is 10.9. The number of esters is 1. The molecule has 3 nitrogen and oxygen atoms in total. The van der Waals surface area contributed by atoms with Crippen LogP contribution in [0.1, 0.15) is 44.9 Å². The van der Waals surface area contributed by atoms with Crippen molar-refractivity contribution in [3.05, 3.63) is 35.5 Å². The van der Waals surface area contributed by atoms with Crippen molar-refractivity contribution in [2.45, 2.75) is 44.9 Å². The highest BCUT2D eigenvalue weighted by atomic mass is 16.5. The summed E-state index contributed by atoms with van der Waals surface area (Å²) in [7, 11) is 1.38. The van der Waals surface area contributed by atoms with Crippen molar-refractivity contribution in [1.29, 1.82) is 0 Å². The van der Waals surface area contributed by atoms with Crippen LogP contribution in [0.4, 0.5) is 0 Å². The molecule has 19 heavy (non-hydrogen) atoms. The summed E-state index contributed by atoms with van der Waals surface area (Å²) in [6.07, 6.45) is 15.7. The first kappa shape index (κ1) is 15.4. The topological polar surface area (TPSA) is 43.4 Å². The highest BCUT2D eigenvalue weighted by Crippen LogP contribution is 2.23. The molecule has 0 atom stereocenters. The average Bonchev–Trinajstić information content (AvgIpc) is 2.46. The number of hydrogen-bond acceptors (Lipinski definition) is 3. The van der Waals surface area contributed by atoms with Crippen molar-refractivity contribution in [2.24, 2.45) is 0 Å². The van der Waals surface area contributed by atoms with Gasteiger partial charge in [-0.05, 0) is 50.5 Å². The number of allylic oxidation sites excluding steroid dienone is 5. The summed E-state index contributed by atoms with van der Waals surface area (Å²) < 4.78 is 4.51. The van der Waals surface area contributed by atoms with Crippen molar-refractivity contribution in [2.75, 3.05) is 7.11 Å². The van der Waals surface area contributed by atoms with E-state index in [1.54, 1.807) is 0 Å². The van der Waals surface area contributed by atoms with Crippen LogP contribution in [0.25, 0.3) is 0 Å². The van der Waals surface area contributed by atoms with Gasteiger partial charge in [-0.25, -0.2) is 4.79 Å². The lowest BCUT2D eigenvalue weighted by Gasteiger charge is -2.12. The minimum absolute atomic E-state index is 0.301. The Bertz CT molecular complexity index is 389. The van der Waals surface area contributed by atoms with Crippen molar-refractivity contribution < 1.29 is 14.3 Å². The van der Waals surface area contributed by atoms with Crippen LogP contribution in [0.15, 0.2) is 35.5 Å². The summed E-state index contributed by atoms with van der Waals surface area (Å²) in [5, 5.41) is 0. The zero-order valence-corrected chi connectivity index (χ0v) is 11.6. The predicted octanol–water partition coefficient (Wildman–Crippen LogP) is 3.51. The summed E-state index contributed by atoms with van der Waals surface area (Å²) in [4.78, 5) is 21.7. The van der Waals surface area contributed by atoms with Gasteiger partial charge in [-0.3, -0.25) is 4.79 Å². The van der Waals surface area contributed by atoms with Crippen LogP contribution >= 0.6 is 0 Å². The molecule has 0 aromatic rings. The SMILES string of the molecule is COC(=O)/C=C\CCCC/C=C1\CCCC=C1C=O. The first-order chi connectivity index (χ1) is 9.27. The fourth-order valence-electron chi connectivity index (χ4n) is 2.10. The Hall–Kier alpha value is -1.64. The van der Waals surface area contributed by atoms with E-state index in [4.69, 9.17) is 0 Å². The smallest absolute Gasteiger partial charge is 0.330 e. The number of ether oxygens (including phenoxy) is 1. The third kappa shape index (κ3) is 6.18.